The summed E-state index contributed by atoms with van der Waals surface area (Å²) in [5.74, 6) is 0. The fourth-order valence-electron chi connectivity index (χ4n) is 0.855. The van der Waals surface area contributed by atoms with E-state index < -0.39 is 0 Å². The van der Waals surface area contributed by atoms with Crippen molar-refractivity contribution in [3.8, 4) is 0 Å². The zero-order valence-electron chi connectivity index (χ0n) is 7.31. The summed E-state index contributed by atoms with van der Waals surface area (Å²) in [5, 5.41) is 5.99. The molecule has 1 saturated heterocycles. The van der Waals surface area contributed by atoms with Gasteiger partial charge in [-0.3, -0.25) is 0 Å². The molecule has 1 fully saturated rings. The van der Waals surface area contributed by atoms with Crippen molar-refractivity contribution in [2.24, 2.45) is 0 Å². The standard InChI is InChI=1S/C6H14N2/c1-5-3-7-4-6(2)8-5/h5-8H,3-4H2,1-2H3/i3D,4D. The Morgan fingerprint density at radius 3 is 2.25 bits per heavy atom. The van der Waals surface area contributed by atoms with Gasteiger partial charge in [-0.25, -0.2) is 0 Å². The van der Waals surface area contributed by atoms with Crippen molar-refractivity contribution in [2.75, 3.05) is 13.0 Å². The molecule has 4 atom stereocenters. The van der Waals surface area contributed by atoms with Crippen LogP contribution in [0.2, 0.25) is 0 Å². The largest absolute Gasteiger partial charge is 0.314 e. The summed E-state index contributed by atoms with van der Waals surface area (Å²) in [6.45, 7) is 3.23. The summed E-state index contributed by atoms with van der Waals surface area (Å²) < 4.78 is 14.8. The lowest BCUT2D eigenvalue weighted by atomic mass is 10.2. The molecule has 0 amide bonds. The van der Waals surface area contributed by atoms with Crippen LogP contribution in [0.4, 0.5) is 0 Å². The minimum Gasteiger partial charge on any atom is -0.314 e. The number of nitrogens with one attached hydrogen (secondary N) is 2. The molecule has 0 aromatic rings. The van der Waals surface area contributed by atoms with Crippen molar-refractivity contribution in [1.29, 1.82) is 0 Å². The number of hydrogen-bond donors (Lipinski definition) is 2. The van der Waals surface area contributed by atoms with Crippen LogP contribution in [0.25, 0.3) is 0 Å². The highest BCUT2D eigenvalue weighted by Crippen LogP contribution is 1.90. The van der Waals surface area contributed by atoms with E-state index in [0.29, 0.717) is 0 Å². The molecule has 0 aromatic carbocycles. The number of hydrogen-bond acceptors (Lipinski definition) is 2. The van der Waals surface area contributed by atoms with E-state index in [9.17, 15) is 0 Å². The van der Waals surface area contributed by atoms with Gasteiger partial charge in [0.15, 0.2) is 0 Å². The molecule has 1 rings (SSSR count). The third-order valence-corrected chi connectivity index (χ3v) is 1.22. The van der Waals surface area contributed by atoms with E-state index in [1.54, 1.807) is 0 Å². The Kier molecular flexibility index (Phi) is 1.19. The van der Waals surface area contributed by atoms with Gasteiger partial charge in [0, 0.05) is 27.9 Å². The molecule has 48 valence electrons. The van der Waals surface area contributed by atoms with Gasteiger partial charge < -0.3 is 10.6 Å². The first-order valence-corrected chi connectivity index (χ1v) is 2.98. The maximum atomic E-state index is 7.40. The third kappa shape index (κ3) is 1.46. The Bertz CT molecular complexity index is 94.3. The highest BCUT2D eigenvalue weighted by molar-refractivity contribution is 4.76. The van der Waals surface area contributed by atoms with E-state index in [1.165, 1.54) is 0 Å². The average Bonchev–Trinajstić information content (AvgIpc) is 1.84. The average molecular weight is 116 g/mol. The summed E-state index contributed by atoms with van der Waals surface area (Å²) in [6.07, 6.45) is 0. The minimum absolute atomic E-state index is 0.150. The summed E-state index contributed by atoms with van der Waals surface area (Å²) in [4.78, 5) is 0. The van der Waals surface area contributed by atoms with E-state index >= 15 is 0 Å². The van der Waals surface area contributed by atoms with Crippen LogP contribution in [0.15, 0.2) is 0 Å². The number of piperazine rings is 1. The topological polar surface area (TPSA) is 24.1 Å². The van der Waals surface area contributed by atoms with E-state index in [-0.39, 0.29) is 25.1 Å². The van der Waals surface area contributed by atoms with Crippen molar-refractivity contribution < 1.29 is 2.74 Å². The van der Waals surface area contributed by atoms with Crippen molar-refractivity contribution in [3.05, 3.63) is 0 Å². The molecule has 1 aliphatic rings. The van der Waals surface area contributed by atoms with E-state index in [4.69, 9.17) is 2.74 Å². The van der Waals surface area contributed by atoms with Crippen LogP contribution in [-0.4, -0.2) is 25.1 Å². The smallest absolute Gasteiger partial charge is 0.0444 e. The van der Waals surface area contributed by atoms with Gasteiger partial charge in [-0.15, -0.1) is 0 Å². The van der Waals surface area contributed by atoms with Gasteiger partial charge in [-0.2, -0.15) is 0 Å². The second kappa shape index (κ2) is 2.46. The monoisotopic (exact) mass is 116 g/mol. The van der Waals surface area contributed by atoms with Gasteiger partial charge in [0.05, 0.1) is 0 Å². The molecule has 8 heavy (non-hydrogen) atoms. The molecule has 0 spiro atoms. The molecule has 2 nitrogen and oxygen atoms in total. The molecule has 0 saturated carbocycles. The maximum absolute atomic E-state index is 7.40. The van der Waals surface area contributed by atoms with Crippen molar-refractivity contribution in [3.63, 3.8) is 0 Å². The van der Waals surface area contributed by atoms with Gasteiger partial charge in [0.2, 0.25) is 0 Å². The first kappa shape index (κ1) is 3.85. The predicted molar refractivity (Wildman–Crippen MR) is 34.9 cm³/mol. The van der Waals surface area contributed by atoms with Gasteiger partial charge in [-0.1, -0.05) is 0 Å². The summed E-state index contributed by atoms with van der Waals surface area (Å²) in [7, 11) is 0. The summed E-state index contributed by atoms with van der Waals surface area (Å²) >= 11 is 0. The Balaban J connectivity index is 2.46. The molecule has 2 N–H and O–H groups in total. The molecular formula is C6H14N2. The van der Waals surface area contributed by atoms with Crippen molar-refractivity contribution in [1.82, 2.24) is 10.6 Å². The van der Waals surface area contributed by atoms with E-state index in [2.05, 4.69) is 10.6 Å². The third-order valence-electron chi connectivity index (χ3n) is 1.22. The maximum Gasteiger partial charge on any atom is 0.0444 e. The minimum atomic E-state index is -0.335. The zero-order valence-corrected chi connectivity index (χ0v) is 5.31. The van der Waals surface area contributed by atoms with Crippen molar-refractivity contribution >= 4 is 0 Å². The van der Waals surface area contributed by atoms with Gasteiger partial charge in [0.25, 0.3) is 0 Å². The lowest BCUT2D eigenvalue weighted by Gasteiger charge is -2.26. The second-order valence-electron chi connectivity index (χ2n) is 2.24. The van der Waals surface area contributed by atoms with E-state index in [0.717, 1.165) is 0 Å². The molecule has 0 bridgehead atoms. The van der Waals surface area contributed by atoms with Crippen LogP contribution in [0, 0.1) is 0 Å². The first-order valence-electron chi connectivity index (χ1n) is 4.13. The Morgan fingerprint density at radius 2 is 1.88 bits per heavy atom. The lowest BCUT2D eigenvalue weighted by molar-refractivity contribution is 0.370. The molecule has 0 radical (unpaired) electrons. The normalized spacial score (nSPS) is 61.8. The molecule has 1 aliphatic heterocycles. The predicted octanol–water partition coefficient (Wildman–Crippen LogP) is -0.0438. The van der Waals surface area contributed by atoms with Crippen LogP contribution in [0.3, 0.4) is 0 Å². The quantitative estimate of drug-likeness (QED) is 0.464. The number of rotatable bonds is 0. The Labute approximate surface area is 53.5 Å². The fourth-order valence-corrected chi connectivity index (χ4v) is 0.855. The van der Waals surface area contributed by atoms with Crippen LogP contribution in [0.1, 0.15) is 16.6 Å². The first-order chi connectivity index (χ1) is 4.61. The van der Waals surface area contributed by atoms with Crippen LogP contribution >= 0.6 is 0 Å². The summed E-state index contributed by atoms with van der Waals surface area (Å²) in [5.41, 5.74) is 0. The van der Waals surface area contributed by atoms with E-state index in [1.807, 2.05) is 13.8 Å². The molecular weight excluding hydrogens is 100 g/mol. The SMILES string of the molecule is [2H]C1NC([2H])C(C)NC1C. The molecule has 2 heteroatoms. The molecule has 0 aromatic heterocycles. The highest BCUT2D eigenvalue weighted by atomic mass is 15.1. The molecule has 4 unspecified atom stereocenters. The van der Waals surface area contributed by atoms with Crippen molar-refractivity contribution in [2.45, 2.75) is 25.9 Å². The summed E-state index contributed by atoms with van der Waals surface area (Å²) in [6, 6.07) is 0.299. The zero-order chi connectivity index (χ0) is 7.72. The van der Waals surface area contributed by atoms with Gasteiger partial charge >= 0.3 is 0 Å². The van der Waals surface area contributed by atoms with Crippen LogP contribution in [0.5, 0.6) is 0 Å². The molecule has 0 aliphatic carbocycles. The Morgan fingerprint density at radius 1 is 1.38 bits per heavy atom. The fraction of sp³-hybridized carbons (Fsp3) is 1.00. The second-order valence-corrected chi connectivity index (χ2v) is 2.24. The van der Waals surface area contributed by atoms with Crippen LogP contribution in [-0.2, 0) is 0 Å². The Hall–Kier alpha value is -0.0800. The molecule has 1 heterocycles. The lowest BCUT2D eigenvalue weighted by Crippen LogP contribution is -2.52. The van der Waals surface area contributed by atoms with Gasteiger partial charge in [0.1, 0.15) is 0 Å². The van der Waals surface area contributed by atoms with Gasteiger partial charge in [-0.05, 0) is 13.8 Å². The van der Waals surface area contributed by atoms with Crippen LogP contribution < -0.4 is 10.6 Å². The highest BCUT2D eigenvalue weighted by Gasteiger charge is 2.11.